The number of aromatic nitrogens is 2. The van der Waals surface area contributed by atoms with Gasteiger partial charge < -0.3 is 9.64 Å². The van der Waals surface area contributed by atoms with Gasteiger partial charge in [0.2, 0.25) is 5.13 Å². The Morgan fingerprint density at radius 1 is 1.53 bits per heavy atom. The molecule has 2 rings (SSSR count). The van der Waals surface area contributed by atoms with E-state index in [-0.39, 0.29) is 0 Å². The Bertz CT molecular complexity index is 328. The van der Waals surface area contributed by atoms with Crippen LogP contribution in [0.15, 0.2) is 0 Å². The predicted octanol–water partition coefficient (Wildman–Crippen LogP) is 1.71. The van der Waals surface area contributed by atoms with Crippen LogP contribution in [0.4, 0.5) is 5.13 Å². The summed E-state index contributed by atoms with van der Waals surface area (Å²) in [5, 5.41) is 1.03. The first-order valence-electron chi connectivity index (χ1n) is 5.28. The topological polar surface area (TPSA) is 38.2 Å². The molecular formula is C10H17N3OS. The van der Waals surface area contributed by atoms with Gasteiger partial charge >= 0.3 is 0 Å². The molecule has 15 heavy (non-hydrogen) atoms. The van der Waals surface area contributed by atoms with Crippen LogP contribution < -0.4 is 4.90 Å². The van der Waals surface area contributed by atoms with Crippen molar-refractivity contribution < 1.29 is 4.74 Å². The molecule has 1 aliphatic heterocycles. The number of nitrogens with zero attached hydrogens (tertiary/aromatic N) is 3. The van der Waals surface area contributed by atoms with Crippen molar-refractivity contribution >= 4 is 16.7 Å². The van der Waals surface area contributed by atoms with Crippen LogP contribution in [0, 0.1) is 12.8 Å². The molecule has 2 atom stereocenters. The van der Waals surface area contributed by atoms with Gasteiger partial charge in [-0.2, -0.15) is 4.37 Å². The van der Waals surface area contributed by atoms with Crippen molar-refractivity contribution in [2.24, 2.45) is 5.92 Å². The van der Waals surface area contributed by atoms with Crippen molar-refractivity contribution in [1.82, 2.24) is 9.36 Å². The first-order valence-corrected chi connectivity index (χ1v) is 6.06. The molecule has 2 unspecified atom stereocenters. The summed E-state index contributed by atoms with van der Waals surface area (Å²) in [6.45, 7) is 6.18. The van der Waals surface area contributed by atoms with Gasteiger partial charge in [0.05, 0.1) is 6.10 Å². The first kappa shape index (κ1) is 10.8. The van der Waals surface area contributed by atoms with Crippen LogP contribution in [-0.2, 0) is 4.74 Å². The zero-order valence-corrected chi connectivity index (χ0v) is 10.3. The highest BCUT2D eigenvalue weighted by Gasteiger charge is 2.27. The van der Waals surface area contributed by atoms with E-state index < -0.39 is 0 Å². The smallest absolute Gasteiger partial charge is 0.205 e. The van der Waals surface area contributed by atoms with Gasteiger partial charge in [0, 0.05) is 31.7 Å². The Hall–Kier alpha value is -0.680. The molecule has 1 aromatic heterocycles. The van der Waals surface area contributed by atoms with E-state index in [0.29, 0.717) is 12.0 Å². The number of ether oxygens (including phenoxy) is 1. The van der Waals surface area contributed by atoms with Crippen LogP contribution in [-0.4, -0.2) is 35.7 Å². The summed E-state index contributed by atoms with van der Waals surface area (Å²) in [4.78, 5) is 6.68. The summed E-state index contributed by atoms with van der Waals surface area (Å²) < 4.78 is 9.69. The summed E-state index contributed by atoms with van der Waals surface area (Å²) in [5.41, 5.74) is 0. The van der Waals surface area contributed by atoms with Crippen LogP contribution in [0.3, 0.4) is 0 Å². The quantitative estimate of drug-likeness (QED) is 0.771. The second kappa shape index (κ2) is 4.45. The Labute approximate surface area is 94.4 Å². The maximum atomic E-state index is 5.48. The van der Waals surface area contributed by atoms with Crippen LogP contribution >= 0.6 is 11.5 Å². The Morgan fingerprint density at radius 3 is 2.93 bits per heavy atom. The molecule has 0 aromatic carbocycles. The van der Waals surface area contributed by atoms with E-state index in [1.165, 1.54) is 11.5 Å². The van der Waals surface area contributed by atoms with Gasteiger partial charge in [0.15, 0.2) is 0 Å². The van der Waals surface area contributed by atoms with Crippen molar-refractivity contribution in [3.05, 3.63) is 5.82 Å². The number of hydrogen-bond acceptors (Lipinski definition) is 5. The zero-order valence-electron chi connectivity index (χ0n) is 9.43. The summed E-state index contributed by atoms with van der Waals surface area (Å²) in [6.07, 6.45) is 1.49. The monoisotopic (exact) mass is 227 g/mol. The van der Waals surface area contributed by atoms with Crippen LogP contribution in [0.5, 0.6) is 0 Å². The van der Waals surface area contributed by atoms with E-state index in [2.05, 4.69) is 21.2 Å². The second-order valence-corrected chi connectivity index (χ2v) is 4.84. The van der Waals surface area contributed by atoms with Crippen LogP contribution in [0.1, 0.15) is 19.2 Å². The lowest BCUT2D eigenvalue weighted by molar-refractivity contribution is 0.0498. The Morgan fingerprint density at radius 2 is 2.33 bits per heavy atom. The predicted molar refractivity (Wildman–Crippen MR) is 61.4 cm³/mol. The molecule has 0 spiro atoms. The summed E-state index contributed by atoms with van der Waals surface area (Å²) >= 11 is 1.48. The third kappa shape index (κ3) is 2.29. The van der Waals surface area contributed by atoms with Crippen molar-refractivity contribution in [1.29, 1.82) is 0 Å². The SMILES string of the molecule is COC1CN(c2nc(C)ns2)CCC1C. The fraction of sp³-hybridized carbons (Fsp3) is 0.800. The molecule has 1 fully saturated rings. The van der Waals surface area contributed by atoms with E-state index >= 15 is 0 Å². The largest absolute Gasteiger partial charge is 0.379 e. The van der Waals surface area contributed by atoms with Crippen molar-refractivity contribution in [3.63, 3.8) is 0 Å². The van der Waals surface area contributed by atoms with Gasteiger partial charge in [0.25, 0.3) is 0 Å². The lowest BCUT2D eigenvalue weighted by Gasteiger charge is -2.35. The number of hydrogen-bond donors (Lipinski definition) is 0. The molecule has 5 heteroatoms. The standard InChI is InChI=1S/C10H17N3OS/c1-7-4-5-13(6-9(7)14-3)10-11-8(2)12-15-10/h7,9H,4-6H2,1-3H3. The summed E-state index contributed by atoms with van der Waals surface area (Å²) in [6, 6.07) is 0. The van der Waals surface area contributed by atoms with Crippen molar-refractivity contribution in [2.75, 3.05) is 25.1 Å². The fourth-order valence-electron chi connectivity index (χ4n) is 1.93. The van der Waals surface area contributed by atoms with Crippen LogP contribution in [0.25, 0.3) is 0 Å². The number of rotatable bonds is 2. The lowest BCUT2D eigenvalue weighted by atomic mass is 9.96. The lowest BCUT2D eigenvalue weighted by Crippen LogP contribution is -2.43. The molecule has 2 heterocycles. The van der Waals surface area contributed by atoms with Gasteiger partial charge in [-0.15, -0.1) is 0 Å². The number of methoxy groups -OCH3 is 1. The molecule has 1 saturated heterocycles. The maximum absolute atomic E-state index is 5.48. The molecule has 84 valence electrons. The van der Waals surface area contributed by atoms with E-state index in [4.69, 9.17) is 4.74 Å². The van der Waals surface area contributed by atoms with E-state index in [0.717, 1.165) is 30.5 Å². The minimum Gasteiger partial charge on any atom is -0.379 e. The molecule has 1 aliphatic rings. The summed E-state index contributed by atoms with van der Waals surface area (Å²) in [7, 11) is 1.79. The third-order valence-electron chi connectivity index (χ3n) is 2.98. The number of anilines is 1. The maximum Gasteiger partial charge on any atom is 0.205 e. The average Bonchev–Trinajstić information content (AvgIpc) is 2.66. The molecule has 0 amide bonds. The highest BCUT2D eigenvalue weighted by molar-refractivity contribution is 7.09. The molecule has 1 aromatic rings. The molecular weight excluding hydrogens is 210 g/mol. The van der Waals surface area contributed by atoms with Gasteiger partial charge in [-0.05, 0) is 19.3 Å². The van der Waals surface area contributed by atoms with E-state index in [1.807, 2.05) is 6.92 Å². The molecule has 0 aliphatic carbocycles. The average molecular weight is 227 g/mol. The molecule has 4 nitrogen and oxygen atoms in total. The van der Waals surface area contributed by atoms with Gasteiger partial charge in [-0.25, -0.2) is 4.98 Å². The fourth-order valence-corrected chi connectivity index (χ4v) is 2.64. The Kier molecular flexibility index (Phi) is 3.21. The molecule has 0 bridgehead atoms. The molecule has 0 radical (unpaired) electrons. The zero-order chi connectivity index (χ0) is 10.8. The van der Waals surface area contributed by atoms with Crippen molar-refractivity contribution in [2.45, 2.75) is 26.4 Å². The minimum atomic E-state index is 0.322. The third-order valence-corrected chi connectivity index (χ3v) is 3.85. The Balaban J connectivity index is 2.06. The highest BCUT2D eigenvalue weighted by atomic mass is 32.1. The normalized spacial score (nSPS) is 27.0. The van der Waals surface area contributed by atoms with Crippen molar-refractivity contribution in [3.8, 4) is 0 Å². The highest BCUT2D eigenvalue weighted by Crippen LogP contribution is 2.25. The van der Waals surface area contributed by atoms with Gasteiger partial charge in [-0.3, -0.25) is 0 Å². The van der Waals surface area contributed by atoms with Gasteiger partial charge in [0.1, 0.15) is 5.82 Å². The number of aryl methyl sites for hydroxylation is 1. The molecule has 0 saturated carbocycles. The van der Waals surface area contributed by atoms with E-state index in [9.17, 15) is 0 Å². The van der Waals surface area contributed by atoms with Gasteiger partial charge in [-0.1, -0.05) is 6.92 Å². The first-order chi connectivity index (χ1) is 7.20. The second-order valence-electron chi connectivity index (χ2n) is 4.11. The van der Waals surface area contributed by atoms with Crippen LogP contribution in [0.2, 0.25) is 0 Å². The van der Waals surface area contributed by atoms with E-state index in [1.54, 1.807) is 7.11 Å². The number of piperidine rings is 1. The minimum absolute atomic E-state index is 0.322. The molecule has 0 N–H and O–H groups in total. The summed E-state index contributed by atoms with van der Waals surface area (Å²) in [5.74, 6) is 1.50.